The van der Waals surface area contributed by atoms with Gasteiger partial charge in [0.05, 0.1) is 0 Å². The third kappa shape index (κ3) is 2.30. The van der Waals surface area contributed by atoms with Crippen molar-refractivity contribution in [2.24, 2.45) is 11.7 Å². The van der Waals surface area contributed by atoms with E-state index in [1.165, 1.54) is 19.3 Å². The van der Waals surface area contributed by atoms with Crippen LogP contribution in [0.4, 0.5) is 0 Å². The Kier molecular flexibility index (Phi) is 3.95. The predicted molar refractivity (Wildman–Crippen MR) is 47.0 cm³/mol. The maximum Gasteiger partial charge on any atom is 0.0151 e. The second-order valence-electron chi connectivity index (χ2n) is 3.30. The van der Waals surface area contributed by atoms with E-state index in [0.717, 1.165) is 5.92 Å². The van der Waals surface area contributed by atoms with Crippen LogP contribution in [-0.2, 0) is 0 Å². The Morgan fingerprint density at radius 1 is 1.40 bits per heavy atom. The average Bonchev–Trinajstić information content (AvgIpc) is 2.17. The Bertz CT molecular complexity index is 86.7. The van der Waals surface area contributed by atoms with Gasteiger partial charge in [0.2, 0.25) is 0 Å². The molecule has 1 saturated carbocycles. The van der Waals surface area contributed by atoms with Crippen molar-refractivity contribution in [3.05, 3.63) is 0 Å². The van der Waals surface area contributed by atoms with Crippen LogP contribution in [0.5, 0.6) is 0 Å². The molecule has 0 saturated heterocycles. The molecule has 0 aromatic carbocycles. The van der Waals surface area contributed by atoms with Crippen LogP contribution in [0, 0.1) is 5.92 Å². The minimum absolute atomic E-state index is 0.153. The summed E-state index contributed by atoms with van der Waals surface area (Å²) in [4.78, 5) is 0. The predicted octanol–water partition coefficient (Wildman–Crippen LogP) is 2.55. The summed E-state index contributed by atoms with van der Waals surface area (Å²) in [7, 11) is 0. The smallest absolute Gasteiger partial charge is 0.0151 e. The topological polar surface area (TPSA) is 26.0 Å². The normalized spacial score (nSPS) is 38.7. The van der Waals surface area contributed by atoms with Crippen LogP contribution in [0.25, 0.3) is 0 Å². The summed E-state index contributed by atoms with van der Waals surface area (Å²) in [5.74, 6) is 0.738. The van der Waals surface area contributed by atoms with E-state index < -0.39 is 0 Å². The van der Waals surface area contributed by atoms with Crippen molar-refractivity contribution in [2.75, 3.05) is 0 Å². The Labute approximate surface area is 65.0 Å². The molecule has 1 aliphatic carbocycles. The second kappa shape index (κ2) is 3.97. The third-order valence-electron chi connectivity index (χ3n) is 2.48. The molecule has 0 aromatic heterocycles. The van der Waals surface area contributed by atoms with Gasteiger partial charge in [0.1, 0.15) is 0 Å². The highest BCUT2D eigenvalue weighted by atomic mass is 14.7. The standard InChI is InChI=1S/C7H15N.C2H6/c1-6-4-3-5-7(6,2)8;1-2/h6H,3-5,8H2,1-2H3;1-2H3. The van der Waals surface area contributed by atoms with Crippen molar-refractivity contribution in [1.29, 1.82) is 0 Å². The summed E-state index contributed by atoms with van der Waals surface area (Å²) in [6, 6.07) is 0. The zero-order chi connectivity index (χ0) is 8.20. The molecule has 1 aliphatic rings. The Balaban J connectivity index is 0.000000371. The summed E-state index contributed by atoms with van der Waals surface area (Å²) < 4.78 is 0. The van der Waals surface area contributed by atoms with Crippen molar-refractivity contribution in [2.45, 2.75) is 52.5 Å². The van der Waals surface area contributed by atoms with Gasteiger partial charge in [0.25, 0.3) is 0 Å². The number of rotatable bonds is 0. The maximum atomic E-state index is 5.92. The van der Waals surface area contributed by atoms with Gasteiger partial charge in [-0.1, -0.05) is 27.2 Å². The van der Waals surface area contributed by atoms with Crippen LogP contribution in [0.1, 0.15) is 47.0 Å². The highest BCUT2D eigenvalue weighted by Gasteiger charge is 2.30. The molecule has 0 aliphatic heterocycles. The van der Waals surface area contributed by atoms with Crippen molar-refractivity contribution < 1.29 is 0 Å². The van der Waals surface area contributed by atoms with Gasteiger partial charge in [0.15, 0.2) is 0 Å². The minimum atomic E-state index is 0.153. The van der Waals surface area contributed by atoms with Crippen LogP contribution in [0.15, 0.2) is 0 Å². The van der Waals surface area contributed by atoms with Crippen molar-refractivity contribution in [3.8, 4) is 0 Å². The molecule has 0 bridgehead atoms. The van der Waals surface area contributed by atoms with E-state index in [4.69, 9.17) is 5.73 Å². The first-order chi connectivity index (χ1) is 4.63. The molecule has 2 unspecified atom stereocenters. The fraction of sp³-hybridized carbons (Fsp3) is 1.00. The van der Waals surface area contributed by atoms with Crippen LogP contribution in [-0.4, -0.2) is 5.54 Å². The van der Waals surface area contributed by atoms with E-state index >= 15 is 0 Å². The summed E-state index contributed by atoms with van der Waals surface area (Å²) in [6.45, 7) is 8.40. The van der Waals surface area contributed by atoms with Gasteiger partial charge < -0.3 is 5.73 Å². The molecule has 0 amide bonds. The Morgan fingerprint density at radius 3 is 2.00 bits per heavy atom. The van der Waals surface area contributed by atoms with Gasteiger partial charge in [-0.25, -0.2) is 0 Å². The lowest BCUT2D eigenvalue weighted by Crippen LogP contribution is -2.38. The van der Waals surface area contributed by atoms with Gasteiger partial charge in [-0.3, -0.25) is 0 Å². The van der Waals surface area contributed by atoms with Crippen LogP contribution in [0.2, 0.25) is 0 Å². The zero-order valence-corrected chi connectivity index (χ0v) is 7.78. The first-order valence-electron chi connectivity index (χ1n) is 4.42. The first-order valence-corrected chi connectivity index (χ1v) is 4.42. The monoisotopic (exact) mass is 143 g/mol. The summed E-state index contributed by atoms with van der Waals surface area (Å²) in [6.07, 6.45) is 3.87. The van der Waals surface area contributed by atoms with Crippen LogP contribution >= 0.6 is 0 Å². The lowest BCUT2D eigenvalue weighted by Gasteiger charge is -2.22. The molecule has 10 heavy (non-hydrogen) atoms. The zero-order valence-electron chi connectivity index (χ0n) is 7.78. The fourth-order valence-corrected chi connectivity index (χ4v) is 1.37. The van der Waals surface area contributed by atoms with E-state index in [2.05, 4.69) is 13.8 Å². The average molecular weight is 143 g/mol. The molecule has 2 atom stereocenters. The third-order valence-corrected chi connectivity index (χ3v) is 2.48. The summed E-state index contributed by atoms with van der Waals surface area (Å²) >= 11 is 0. The minimum Gasteiger partial charge on any atom is -0.325 e. The fourth-order valence-electron chi connectivity index (χ4n) is 1.37. The number of nitrogens with two attached hydrogens (primary N) is 1. The molecule has 0 radical (unpaired) electrons. The largest absolute Gasteiger partial charge is 0.325 e. The molecule has 1 rings (SSSR count). The number of hydrogen-bond donors (Lipinski definition) is 1. The molecule has 1 nitrogen and oxygen atoms in total. The highest BCUT2D eigenvalue weighted by Crippen LogP contribution is 2.32. The summed E-state index contributed by atoms with van der Waals surface area (Å²) in [5, 5.41) is 0. The van der Waals surface area contributed by atoms with Gasteiger partial charge >= 0.3 is 0 Å². The molecule has 0 aromatic rings. The number of hydrogen-bond acceptors (Lipinski definition) is 1. The summed E-state index contributed by atoms with van der Waals surface area (Å²) in [5.41, 5.74) is 6.07. The van der Waals surface area contributed by atoms with Crippen molar-refractivity contribution >= 4 is 0 Å². The lowest BCUT2D eigenvalue weighted by molar-refractivity contribution is 0.373. The molecular formula is C9H21N. The first kappa shape index (κ1) is 9.96. The molecule has 1 heteroatoms. The second-order valence-corrected chi connectivity index (χ2v) is 3.30. The van der Waals surface area contributed by atoms with Crippen molar-refractivity contribution in [1.82, 2.24) is 0 Å². The Morgan fingerprint density at radius 2 is 1.90 bits per heavy atom. The highest BCUT2D eigenvalue weighted by molar-refractivity contribution is 4.89. The molecular weight excluding hydrogens is 122 g/mol. The van der Waals surface area contributed by atoms with Gasteiger partial charge in [-0.2, -0.15) is 0 Å². The van der Waals surface area contributed by atoms with Gasteiger partial charge in [0, 0.05) is 5.54 Å². The Hall–Kier alpha value is -0.0400. The van der Waals surface area contributed by atoms with Crippen LogP contribution in [0.3, 0.4) is 0 Å². The maximum absolute atomic E-state index is 5.92. The van der Waals surface area contributed by atoms with E-state index in [0.29, 0.717) is 0 Å². The van der Waals surface area contributed by atoms with Crippen molar-refractivity contribution in [3.63, 3.8) is 0 Å². The van der Waals surface area contributed by atoms with E-state index in [1.54, 1.807) is 0 Å². The van der Waals surface area contributed by atoms with E-state index in [-0.39, 0.29) is 5.54 Å². The molecule has 1 fully saturated rings. The van der Waals surface area contributed by atoms with E-state index in [1.807, 2.05) is 13.8 Å². The van der Waals surface area contributed by atoms with Gasteiger partial charge in [-0.15, -0.1) is 0 Å². The SMILES string of the molecule is CC.CC1CCCC1(C)N. The van der Waals surface area contributed by atoms with E-state index in [9.17, 15) is 0 Å². The lowest BCUT2D eigenvalue weighted by atomic mass is 9.92. The molecule has 62 valence electrons. The molecule has 0 spiro atoms. The van der Waals surface area contributed by atoms with Gasteiger partial charge in [-0.05, 0) is 25.7 Å². The van der Waals surface area contributed by atoms with Crippen LogP contribution < -0.4 is 5.73 Å². The molecule has 2 N–H and O–H groups in total. The quantitative estimate of drug-likeness (QED) is 0.554. The molecule has 0 heterocycles.